The molecule has 4 N–H and O–H groups in total. The summed E-state index contributed by atoms with van der Waals surface area (Å²) in [5.41, 5.74) is 0.824. The predicted molar refractivity (Wildman–Crippen MR) is 117 cm³/mol. The van der Waals surface area contributed by atoms with Crippen LogP contribution < -0.4 is 15.9 Å². The van der Waals surface area contributed by atoms with Gasteiger partial charge < -0.3 is 20.4 Å². The molecule has 0 aliphatic heterocycles. The summed E-state index contributed by atoms with van der Waals surface area (Å²) < 4.78 is 40.5. The molecule has 0 amide bonds. The van der Waals surface area contributed by atoms with Crippen LogP contribution in [0, 0.1) is 5.21 Å². The van der Waals surface area contributed by atoms with Crippen molar-refractivity contribution < 1.29 is 23.6 Å². The van der Waals surface area contributed by atoms with Crippen molar-refractivity contribution in [2.45, 2.75) is 6.18 Å². The van der Waals surface area contributed by atoms with Gasteiger partial charge in [-0.3, -0.25) is 0 Å². The van der Waals surface area contributed by atoms with Crippen molar-refractivity contribution in [2.75, 3.05) is 23.7 Å². The molecule has 0 saturated carbocycles. The van der Waals surface area contributed by atoms with Gasteiger partial charge in [-0.2, -0.15) is 18.4 Å². The van der Waals surface area contributed by atoms with Crippen molar-refractivity contribution in [1.82, 2.24) is 24.5 Å². The second-order valence-corrected chi connectivity index (χ2v) is 7.06. The van der Waals surface area contributed by atoms with Crippen LogP contribution in [0.25, 0.3) is 16.9 Å². The van der Waals surface area contributed by atoms with Crippen molar-refractivity contribution in [3.8, 4) is 16.9 Å². The van der Waals surface area contributed by atoms with Gasteiger partial charge in [0.2, 0.25) is 5.95 Å². The van der Waals surface area contributed by atoms with Gasteiger partial charge in [-0.25, -0.2) is 25.1 Å². The number of quaternary nitrogens is 1. The monoisotopic (exact) mass is 472 g/mol. The van der Waals surface area contributed by atoms with E-state index in [1.54, 1.807) is 35.6 Å². The highest BCUT2D eigenvalue weighted by Crippen LogP contribution is 2.32. The minimum absolute atomic E-state index is 0.0888. The Morgan fingerprint density at radius 2 is 1.76 bits per heavy atom. The second-order valence-electron chi connectivity index (χ2n) is 7.06. The first-order valence-electron chi connectivity index (χ1n) is 10.0. The van der Waals surface area contributed by atoms with E-state index in [1.165, 1.54) is 24.4 Å². The van der Waals surface area contributed by atoms with Crippen LogP contribution in [0.5, 0.6) is 0 Å². The second kappa shape index (κ2) is 9.82. The number of alkyl halides is 3. The van der Waals surface area contributed by atoms with E-state index in [4.69, 9.17) is 5.21 Å². The van der Waals surface area contributed by atoms with E-state index in [2.05, 4.69) is 30.6 Å². The molecule has 0 aliphatic carbocycles. The fourth-order valence-electron chi connectivity index (χ4n) is 3.07. The van der Waals surface area contributed by atoms with Crippen molar-refractivity contribution >= 4 is 17.5 Å². The summed E-state index contributed by atoms with van der Waals surface area (Å²) in [7, 11) is 0. The average molecular weight is 472 g/mol. The Labute approximate surface area is 191 Å². The molecule has 4 aromatic rings. The Balaban J connectivity index is 1.48. The van der Waals surface area contributed by atoms with Gasteiger partial charge in [0.1, 0.15) is 5.82 Å². The molecule has 3 aromatic heterocycles. The molecule has 10 nitrogen and oxygen atoms in total. The molecular formula is C21H19F3N8O2. The fraction of sp³-hybridized carbons (Fsp3) is 0.143. The molecule has 0 saturated heterocycles. The number of nitrogens with zero attached hydrogens (tertiary/aromatic N) is 5. The van der Waals surface area contributed by atoms with Crippen LogP contribution >= 0.6 is 0 Å². The molecular weight excluding hydrogens is 453 g/mol. The Morgan fingerprint density at radius 1 is 1.00 bits per heavy atom. The van der Waals surface area contributed by atoms with Crippen molar-refractivity contribution in [1.29, 1.82) is 0 Å². The Morgan fingerprint density at radius 3 is 2.38 bits per heavy atom. The Kier molecular flexibility index (Phi) is 6.67. The smallest absolute Gasteiger partial charge is 0.416 e. The summed E-state index contributed by atoms with van der Waals surface area (Å²) in [6.07, 6.45) is 3.19. The van der Waals surface area contributed by atoms with Crippen LogP contribution in [0.4, 0.5) is 30.6 Å². The quantitative estimate of drug-likeness (QED) is 0.228. The first kappa shape index (κ1) is 23.1. The van der Waals surface area contributed by atoms with Crippen LogP contribution in [0.15, 0.2) is 67.5 Å². The lowest BCUT2D eigenvalue weighted by Crippen LogP contribution is -2.99. The van der Waals surface area contributed by atoms with Gasteiger partial charge in [0.15, 0.2) is 5.69 Å². The molecule has 1 unspecified atom stereocenters. The lowest BCUT2D eigenvalue weighted by molar-refractivity contribution is -0.991. The van der Waals surface area contributed by atoms with Crippen LogP contribution in [-0.4, -0.2) is 42.8 Å². The van der Waals surface area contributed by atoms with Crippen molar-refractivity contribution in [2.24, 2.45) is 0 Å². The number of aromatic nitrogens is 5. The summed E-state index contributed by atoms with van der Waals surface area (Å²) >= 11 is 0. The van der Waals surface area contributed by atoms with Crippen LogP contribution in [0.1, 0.15) is 5.56 Å². The number of halogens is 3. The summed E-state index contributed by atoms with van der Waals surface area (Å²) in [5, 5.41) is 24.8. The van der Waals surface area contributed by atoms with E-state index in [9.17, 15) is 18.4 Å². The van der Waals surface area contributed by atoms with Crippen LogP contribution in [0.2, 0.25) is 0 Å². The van der Waals surface area contributed by atoms with Crippen molar-refractivity contribution in [3.05, 3.63) is 78.3 Å². The predicted octanol–water partition coefficient (Wildman–Crippen LogP) is 2.67. The number of hydrogen-bond donors (Lipinski definition) is 4. The number of pyridine rings is 1. The lowest BCUT2D eigenvalue weighted by atomic mass is 10.1. The number of imidazole rings is 1. The normalized spacial score (nSPS) is 12.4. The first-order valence-corrected chi connectivity index (χ1v) is 10.0. The Hall–Kier alpha value is -4.07. The highest BCUT2D eigenvalue weighted by Gasteiger charge is 2.30. The van der Waals surface area contributed by atoms with Gasteiger partial charge in [-0.15, -0.1) is 0 Å². The summed E-state index contributed by atoms with van der Waals surface area (Å²) in [4.78, 5) is 16.8. The molecule has 1 aromatic carbocycles. The van der Waals surface area contributed by atoms with Crippen LogP contribution in [-0.2, 0) is 6.18 Å². The van der Waals surface area contributed by atoms with Gasteiger partial charge in [0, 0.05) is 37.1 Å². The minimum atomic E-state index is -4.43. The number of nitrogens with one attached hydrogen (secondary N) is 3. The molecule has 4 rings (SSSR count). The van der Waals surface area contributed by atoms with E-state index in [-0.39, 0.29) is 11.6 Å². The Bertz CT molecular complexity index is 1210. The number of rotatable bonds is 8. The fourth-order valence-corrected chi connectivity index (χ4v) is 3.07. The van der Waals surface area contributed by atoms with E-state index >= 15 is 0 Å². The topological polar surface area (TPSA) is 128 Å². The zero-order valence-corrected chi connectivity index (χ0v) is 17.5. The van der Waals surface area contributed by atoms with E-state index < -0.39 is 17.0 Å². The maximum atomic E-state index is 13.0. The highest BCUT2D eigenvalue weighted by molar-refractivity contribution is 5.70. The zero-order valence-electron chi connectivity index (χ0n) is 17.5. The largest absolute Gasteiger partial charge is 0.595 e. The van der Waals surface area contributed by atoms with Gasteiger partial charge >= 0.3 is 6.18 Å². The molecule has 0 radical (unpaired) electrons. The number of anilines is 2. The molecule has 176 valence electrons. The number of benzene rings is 1. The molecule has 0 fully saturated rings. The van der Waals surface area contributed by atoms with E-state index in [0.717, 1.165) is 12.1 Å². The number of hydrogen-bond acceptors (Lipinski definition) is 8. The lowest BCUT2D eigenvalue weighted by Gasteiger charge is -2.14. The zero-order chi connectivity index (χ0) is 24.1. The molecule has 13 heteroatoms. The summed E-state index contributed by atoms with van der Waals surface area (Å²) in [6.45, 7) is 0.834. The molecule has 0 spiro atoms. The molecule has 0 aliphatic rings. The maximum Gasteiger partial charge on any atom is 0.416 e. The first-order chi connectivity index (χ1) is 16.3. The third-order valence-corrected chi connectivity index (χ3v) is 4.76. The van der Waals surface area contributed by atoms with Gasteiger partial charge in [-0.1, -0.05) is 12.1 Å². The van der Waals surface area contributed by atoms with Gasteiger partial charge in [-0.05, 0) is 18.2 Å². The van der Waals surface area contributed by atoms with Crippen molar-refractivity contribution in [3.63, 3.8) is 0 Å². The summed E-state index contributed by atoms with van der Waals surface area (Å²) in [6, 6.07) is 7.75. The van der Waals surface area contributed by atoms with E-state index in [0.29, 0.717) is 35.9 Å². The molecule has 1 atom stereocenters. The van der Waals surface area contributed by atoms with Gasteiger partial charge in [0.05, 0.1) is 35.7 Å². The van der Waals surface area contributed by atoms with Gasteiger partial charge in [0.25, 0.3) is 0 Å². The van der Waals surface area contributed by atoms with Crippen LogP contribution in [0.3, 0.4) is 0 Å². The third-order valence-electron chi connectivity index (χ3n) is 4.76. The average Bonchev–Trinajstić information content (AvgIpc) is 3.36. The standard InChI is InChI=1S/C21H19F3N8O2/c22-21(23,24)15-3-1-14(2-4-15)19-17(31-10-9-25-13-31)12-29-20(30-19)27-8-7-26-18-6-5-16(11-28-18)32(33)34/h1-6,9-13,32-33H,7-8H2,(H,26,28)(H,27,29,30). The molecule has 3 heterocycles. The highest BCUT2D eigenvalue weighted by atomic mass is 19.4. The SMILES string of the molecule is [O-][NH+](O)c1ccc(NCCNc2ncc(-n3ccnc3)c(-c3ccc(C(F)(F)F)cc3)n2)nc1. The summed E-state index contributed by atoms with van der Waals surface area (Å²) in [5.74, 6) is 0.795. The maximum absolute atomic E-state index is 13.0. The minimum Gasteiger partial charge on any atom is -0.595 e. The molecule has 0 bridgehead atoms. The third kappa shape index (κ3) is 5.46. The molecule has 34 heavy (non-hydrogen) atoms. The van der Waals surface area contributed by atoms with E-state index in [1.807, 2.05) is 0 Å².